The number of aromatic nitrogens is 4. The van der Waals surface area contributed by atoms with Gasteiger partial charge in [-0.15, -0.1) is 10.2 Å². The summed E-state index contributed by atoms with van der Waals surface area (Å²) >= 11 is 1.37. The number of nitrogens with zero attached hydrogens (tertiary/aromatic N) is 3. The zero-order chi connectivity index (χ0) is 13.1. The van der Waals surface area contributed by atoms with Gasteiger partial charge in [0, 0.05) is 12.5 Å². The summed E-state index contributed by atoms with van der Waals surface area (Å²) < 4.78 is 0. The van der Waals surface area contributed by atoms with Crippen LogP contribution in [0.3, 0.4) is 0 Å². The zero-order valence-corrected chi connectivity index (χ0v) is 10.9. The number of carbonyl (C=O) groups is 1. The van der Waals surface area contributed by atoms with Crippen molar-refractivity contribution in [2.24, 2.45) is 5.92 Å². The molecule has 0 atom stereocenters. The lowest BCUT2D eigenvalue weighted by molar-refractivity contribution is 0.102. The Hall–Kier alpha value is -1.96. The summed E-state index contributed by atoms with van der Waals surface area (Å²) in [5.41, 5.74) is 5.72. The van der Waals surface area contributed by atoms with Gasteiger partial charge in [0.2, 0.25) is 5.13 Å². The molecule has 1 amide bonds. The van der Waals surface area contributed by atoms with Gasteiger partial charge < -0.3 is 5.73 Å². The molecule has 7 nitrogen and oxygen atoms in total. The quantitative estimate of drug-likeness (QED) is 0.772. The van der Waals surface area contributed by atoms with Gasteiger partial charge in [0.15, 0.2) is 0 Å². The number of hydrogen-bond donors (Lipinski definition) is 3. The van der Waals surface area contributed by atoms with E-state index in [0.717, 1.165) is 11.4 Å². The first-order chi connectivity index (χ1) is 8.54. The van der Waals surface area contributed by atoms with E-state index in [9.17, 15) is 4.79 Å². The monoisotopic (exact) mass is 266 g/mol. The number of hydrogen-bond acceptors (Lipinski definition) is 6. The minimum atomic E-state index is -0.327. The predicted molar refractivity (Wildman–Crippen MR) is 69.4 cm³/mol. The lowest BCUT2D eigenvalue weighted by Gasteiger charge is -1.98. The van der Waals surface area contributed by atoms with Crippen LogP contribution in [0.25, 0.3) is 0 Å². The smallest absolute Gasteiger partial charge is 0.275 e. The van der Waals surface area contributed by atoms with Crippen molar-refractivity contribution < 1.29 is 4.79 Å². The molecule has 0 unspecified atom stereocenters. The fraction of sp³-hybridized carbons (Fsp3) is 0.400. The number of nitrogens with one attached hydrogen (secondary N) is 2. The molecule has 2 aromatic heterocycles. The number of H-pyrrole nitrogens is 1. The van der Waals surface area contributed by atoms with Crippen molar-refractivity contribution in [3.05, 3.63) is 16.8 Å². The van der Waals surface area contributed by atoms with Crippen LogP contribution in [0.4, 0.5) is 10.9 Å². The Labute approximate surface area is 108 Å². The molecule has 0 saturated heterocycles. The highest BCUT2D eigenvalue weighted by molar-refractivity contribution is 7.15. The van der Waals surface area contributed by atoms with Gasteiger partial charge in [0.05, 0.1) is 0 Å². The summed E-state index contributed by atoms with van der Waals surface area (Å²) in [5.74, 6) is 0.457. The summed E-state index contributed by atoms with van der Waals surface area (Å²) in [7, 11) is 0. The first kappa shape index (κ1) is 12.5. The van der Waals surface area contributed by atoms with Crippen LogP contribution in [0.1, 0.15) is 29.3 Å². The molecule has 0 spiro atoms. The van der Waals surface area contributed by atoms with Crippen molar-refractivity contribution in [2.75, 3.05) is 11.1 Å². The number of rotatable bonds is 4. The van der Waals surface area contributed by atoms with Gasteiger partial charge >= 0.3 is 0 Å². The fourth-order valence-electron chi connectivity index (χ4n) is 1.35. The van der Waals surface area contributed by atoms with Crippen molar-refractivity contribution in [3.63, 3.8) is 0 Å². The first-order valence-electron chi connectivity index (χ1n) is 5.49. The SMILES string of the molecule is CC(C)Cc1nnc(NC(=O)c2cc(N)n[nH]2)s1. The largest absolute Gasteiger partial charge is 0.382 e. The standard InChI is InChI=1S/C10H14N6OS/c1-5(2)3-8-15-16-10(18-8)12-9(17)6-4-7(11)14-13-6/h4-5H,3H2,1-2H3,(H3,11,13,14)(H,12,16,17). The molecule has 2 aromatic rings. The molecule has 4 N–H and O–H groups in total. The van der Waals surface area contributed by atoms with Crippen LogP contribution in [0, 0.1) is 5.92 Å². The lowest BCUT2D eigenvalue weighted by Crippen LogP contribution is -2.12. The van der Waals surface area contributed by atoms with E-state index in [2.05, 4.69) is 39.6 Å². The summed E-state index contributed by atoms with van der Waals surface area (Å²) in [6.07, 6.45) is 0.852. The normalized spacial score (nSPS) is 10.8. The van der Waals surface area contributed by atoms with E-state index in [4.69, 9.17) is 5.73 Å². The second-order valence-corrected chi connectivity index (χ2v) is 5.32. The fourth-order valence-corrected chi connectivity index (χ4v) is 2.30. The molecular formula is C10H14N6OS. The first-order valence-corrected chi connectivity index (χ1v) is 6.31. The van der Waals surface area contributed by atoms with Crippen molar-refractivity contribution in [2.45, 2.75) is 20.3 Å². The van der Waals surface area contributed by atoms with Crippen molar-refractivity contribution in [3.8, 4) is 0 Å². The third kappa shape index (κ3) is 3.04. The van der Waals surface area contributed by atoms with E-state index in [1.54, 1.807) is 0 Å². The molecule has 0 aliphatic carbocycles. The highest BCUT2D eigenvalue weighted by Crippen LogP contribution is 2.18. The third-order valence-electron chi connectivity index (χ3n) is 2.11. The van der Waals surface area contributed by atoms with Gasteiger partial charge in [0.25, 0.3) is 5.91 Å². The Morgan fingerprint density at radius 3 is 2.94 bits per heavy atom. The molecule has 0 aliphatic heterocycles. The van der Waals surface area contributed by atoms with Crippen LogP contribution in [-0.4, -0.2) is 26.3 Å². The van der Waals surface area contributed by atoms with Crippen molar-refractivity contribution >= 4 is 28.2 Å². The Morgan fingerprint density at radius 1 is 1.56 bits per heavy atom. The maximum Gasteiger partial charge on any atom is 0.275 e. The molecule has 96 valence electrons. The molecule has 0 aromatic carbocycles. The highest BCUT2D eigenvalue weighted by Gasteiger charge is 2.12. The highest BCUT2D eigenvalue weighted by atomic mass is 32.1. The number of nitrogen functional groups attached to an aromatic ring is 1. The van der Waals surface area contributed by atoms with Crippen LogP contribution in [0.2, 0.25) is 0 Å². The Balaban J connectivity index is 2.01. The number of anilines is 2. The Kier molecular flexibility index (Phi) is 3.56. The van der Waals surface area contributed by atoms with Crippen molar-refractivity contribution in [1.29, 1.82) is 0 Å². The molecule has 0 bridgehead atoms. The molecule has 0 aliphatic rings. The molecule has 18 heavy (non-hydrogen) atoms. The van der Waals surface area contributed by atoms with E-state index in [-0.39, 0.29) is 11.7 Å². The summed E-state index contributed by atoms with van der Waals surface area (Å²) in [4.78, 5) is 11.8. The Bertz CT molecular complexity index is 546. The van der Waals surface area contributed by atoms with E-state index >= 15 is 0 Å². The van der Waals surface area contributed by atoms with Gasteiger partial charge in [-0.1, -0.05) is 25.2 Å². The molecule has 2 rings (SSSR count). The van der Waals surface area contributed by atoms with E-state index < -0.39 is 0 Å². The molecular weight excluding hydrogens is 252 g/mol. The summed E-state index contributed by atoms with van der Waals surface area (Å²) in [6.45, 7) is 4.21. The third-order valence-corrected chi connectivity index (χ3v) is 2.97. The predicted octanol–water partition coefficient (Wildman–Crippen LogP) is 1.29. The maximum atomic E-state index is 11.8. The minimum absolute atomic E-state index is 0.276. The molecule has 2 heterocycles. The van der Waals surface area contributed by atoms with E-state index in [1.807, 2.05) is 0 Å². The Morgan fingerprint density at radius 2 is 2.33 bits per heavy atom. The zero-order valence-electron chi connectivity index (χ0n) is 10.1. The van der Waals surface area contributed by atoms with E-state index in [1.165, 1.54) is 17.4 Å². The summed E-state index contributed by atoms with van der Waals surface area (Å²) in [6, 6.07) is 1.46. The number of carbonyl (C=O) groups excluding carboxylic acids is 1. The van der Waals surface area contributed by atoms with E-state index in [0.29, 0.717) is 16.7 Å². The van der Waals surface area contributed by atoms with Gasteiger partial charge in [-0.2, -0.15) is 5.10 Å². The molecule has 0 radical (unpaired) electrons. The van der Waals surface area contributed by atoms with Crippen LogP contribution in [-0.2, 0) is 6.42 Å². The van der Waals surface area contributed by atoms with Gasteiger partial charge in [-0.05, 0) is 5.92 Å². The average Bonchev–Trinajstić information content (AvgIpc) is 2.87. The molecule has 8 heteroatoms. The van der Waals surface area contributed by atoms with Crippen molar-refractivity contribution in [1.82, 2.24) is 20.4 Å². The van der Waals surface area contributed by atoms with Crippen LogP contribution in [0.15, 0.2) is 6.07 Å². The number of nitrogens with two attached hydrogens (primary N) is 1. The maximum absolute atomic E-state index is 11.8. The summed E-state index contributed by atoms with van der Waals surface area (Å²) in [5, 5.41) is 18.2. The molecule has 0 saturated carbocycles. The number of amides is 1. The van der Waals surface area contributed by atoms with Gasteiger partial charge in [0.1, 0.15) is 16.5 Å². The topological polar surface area (TPSA) is 110 Å². The lowest BCUT2D eigenvalue weighted by atomic mass is 10.1. The molecule has 0 fully saturated rings. The second kappa shape index (κ2) is 5.13. The van der Waals surface area contributed by atoms with Crippen LogP contribution >= 0.6 is 11.3 Å². The van der Waals surface area contributed by atoms with Crippen LogP contribution in [0.5, 0.6) is 0 Å². The average molecular weight is 266 g/mol. The number of aromatic amines is 1. The van der Waals surface area contributed by atoms with Gasteiger partial charge in [-0.25, -0.2) is 0 Å². The minimum Gasteiger partial charge on any atom is -0.382 e. The second-order valence-electron chi connectivity index (χ2n) is 4.26. The van der Waals surface area contributed by atoms with Crippen LogP contribution < -0.4 is 11.1 Å². The van der Waals surface area contributed by atoms with Gasteiger partial charge in [-0.3, -0.25) is 15.2 Å².